The van der Waals surface area contributed by atoms with Gasteiger partial charge >= 0.3 is 0 Å². The lowest BCUT2D eigenvalue weighted by Gasteiger charge is -2.20. The Hall–Kier alpha value is -0.980. The van der Waals surface area contributed by atoms with E-state index in [-0.39, 0.29) is 0 Å². The average Bonchev–Trinajstić information content (AvgIpc) is 3.20. The Morgan fingerprint density at radius 1 is 1.32 bits per heavy atom. The molecule has 22 heavy (non-hydrogen) atoms. The van der Waals surface area contributed by atoms with Crippen LogP contribution in [0.1, 0.15) is 48.8 Å². The lowest BCUT2D eigenvalue weighted by atomic mass is 10.2. The number of thiophene rings is 1. The molecule has 118 valence electrons. The molecule has 4 nitrogen and oxygen atoms in total. The highest BCUT2D eigenvalue weighted by atomic mass is 32.1. The molecule has 6 heteroatoms. The summed E-state index contributed by atoms with van der Waals surface area (Å²) < 4.78 is 5.30. The first-order chi connectivity index (χ1) is 10.8. The predicted octanol–water partition coefficient (Wildman–Crippen LogP) is 2.58. The van der Waals surface area contributed by atoms with E-state index in [1.54, 1.807) is 4.90 Å². The van der Waals surface area contributed by atoms with Crippen molar-refractivity contribution >= 4 is 23.6 Å². The molecule has 1 N–H and O–H groups in total. The van der Waals surface area contributed by atoms with Gasteiger partial charge in [0.25, 0.3) is 0 Å². The Labute approximate surface area is 140 Å². The topological polar surface area (TPSA) is 27.2 Å². The highest BCUT2D eigenvalue weighted by Gasteiger charge is 2.31. The summed E-state index contributed by atoms with van der Waals surface area (Å²) in [6.45, 7) is 3.20. The molecule has 4 rings (SSSR count). The number of aryl methyl sites for hydroxylation is 1. The van der Waals surface area contributed by atoms with Gasteiger partial charge < -0.3 is 9.47 Å². The molecule has 0 spiro atoms. The number of hydrogen-bond donors (Lipinski definition) is 1. The van der Waals surface area contributed by atoms with Gasteiger partial charge in [-0.25, -0.2) is 0 Å². The van der Waals surface area contributed by atoms with Gasteiger partial charge in [-0.05, 0) is 36.5 Å². The first kappa shape index (κ1) is 14.6. The number of nitrogens with one attached hydrogen (secondary N) is 1. The van der Waals surface area contributed by atoms with Crippen molar-refractivity contribution < 1.29 is 4.90 Å². The van der Waals surface area contributed by atoms with Crippen LogP contribution in [-0.4, -0.2) is 20.9 Å². The van der Waals surface area contributed by atoms with Crippen molar-refractivity contribution in [3.8, 4) is 0 Å². The van der Waals surface area contributed by atoms with E-state index in [2.05, 4.69) is 26.8 Å². The summed E-state index contributed by atoms with van der Waals surface area (Å²) in [5, 5.41) is 7.04. The summed E-state index contributed by atoms with van der Waals surface area (Å²) >= 11 is 7.59. The third-order valence-electron chi connectivity index (χ3n) is 5.00. The zero-order valence-electron chi connectivity index (χ0n) is 12.8. The number of fused-ring (bicyclic) bond motifs is 1. The zero-order chi connectivity index (χ0) is 14.9. The zero-order valence-corrected chi connectivity index (χ0v) is 14.5. The molecule has 0 saturated carbocycles. The molecule has 0 radical (unpaired) electrons. The van der Waals surface area contributed by atoms with Crippen molar-refractivity contribution in [3.05, 3.63) is 33.0 Å². The van der Waals surface area contributed by atoms with Crippen molar-refractivity contribution in [3.63, 3.8) is 0 Å². The van der Waals surface area contributed by atoms with Gasteiger partial charge in [-0.15, -0.1) is 11.3 Å². The normalized spacial score (nSPS) is 25.1. The fraction of sp³-hybridized carbons (Fsp3) is 0.625. The monoisotopic (exact) mass is 335 g/mol. The molecule has 0 aromatic carbocycles. The van der Waals surface area contributed by atoms with Crippen LogP contribution in [0.3, 0.4) is 0 Å². The van der Waals surface area contributed by atoms with Gasteiger partial charge in [0.05, 0.1) is 11.4 Å². The summed E-state index contributed by atoms with van der Waals surface area (Å²) in [7, 11) is 0. The van der Waals surface area contributed by atoms with Crippen LogP contribution < -0.4 is 4.90 Å². The summed E-state index contributed by atoms with van der Waals surface area (Å²) in [6.07, 6.45) is 7.47. The summed E-state index contributed by atoms with van der Waals surface area (Å²) in [6, 6.07) is 5.08. The lowest BCUT2D eigenvalue weighted by Crippen LogP contribution is -3.09. The maximum atomic E-state index is 5.70. The van der Waals surface area contributed by atoms with Crippen LogP contribution in [0, 0.1) is 4.77 Å². The Kier molecular flexibility index (Phi) is 4.15. The van der Waals surface area contributed by atoms with Crippen molar-refractivity contribution in [2.24, 2.45) is 0 Å². The molecule has 1 unspecified atom stereocenters. The van der Waals surface area contributed by atoms with Crippen LogP contribution in [0.25, 0.3) is 0 Å². The number of quaternary nitrogens is 1. The third kappa shape index (κ3) is 2.68. The first-order valence-electron chi connectivity index (χ1n) is 8.37. The van der Waals surface area contributed by atoms with Crippen molar-refractivity contribution in [1.82, 2.24) is 14.3 Å². The Bertz CT molecular complexity index is 686. The average molecular weight is 336 g/mol. The van der Waals surface area contributed by atoms with Gasteiger partial charge in [0, 0.05) is 25.8 Å². The minimum atomic E-state index is 0.628. The van der Waals surface area contributed by atoms with E-state index in [1.165, 1.54) is 49.4 Å². The van der Waals surface area contributed by atoms with Crippen LogP contribution in [0.5, 0.6) is 0 Å². The van der Waals surface area contributed by atoms with E-state index < -0.39 is 0 Å². The van der Waals surface area contributed by atoms with Gasteiger partial charge in [0.1, 0.15) is 11.9 Å². The van der Waals surface area contributed by atoms with Gasteiger partial charge in [-0.3, -0.25) is 0 Å². The molecule has 1 fully saturated rings. The fourth-order valence-electron chi connectivity index (χ4n) is 3.85. The van der Waals surface area contributed by atoms with Crippen LogP contribution in [0.4, 0.5) is 0 Å². The number of hydrogen-bond acceptors (Lipinski definition) is 3. The van der Waals surface area contributed by atoms with E-state index in [1.807, 2.05) is 11.3 Å². The second-order valence-electron chi connectivity index (χ2n) is 6.44. The summed E-state index contributed by atoms with van der Waals surface area (Å²) in [5.41, 5.74) is 0. The van der Waals surface area contributed by atoms with Crippen molar-refractivity contribution in [2.75, 3.05) is 6.54 Å². The van der Waals surface area contributed by atoms with Gasteiger partial charge in [-0.1, -0.05) is 12.5 Å². The van der Waals surface area contributed by atoms with Crippen LogP contribution in [-0.2, 0) is 19.6 Å². The second kappa shape index (κ2) is 6.26. The molecular formula is C16H23N4S2+. The smallest absolute Gasteiger partial charge is 0.202 e. The second-order valence-corrected chi connectivity index (χ2v) is 7.78. The molecule has 4 heterocycles. The van der Waals surface area contributed by atoms with E-state index >= 15 is 0 Å². The minimum Gasteiger partial charge on any atom is -0.309 e. The molecule has 2 atom stereocenters. The van der Waals surface area contributed by atoms with E-state index in [0.717, 1.165) is 24.4 Å². The Balaban J connectivity index is 1.57. The fourth-order valence-corrected chi connectivity index (χ4v) is 5.08. The molecule has 1 saturated heterocycles. The van der Waals surface area contributed by atoms with E-state index in [0.29, 0.717) is 6.04 Å². The van der Waals surface area contributed by atoms with Crippen molar-refractivity contribution in [1.29, 1.82) is 0 Å². The number of nitrogens with zero attached hydrogens (tertiary/aromatic N) is 3. The molecule has 0 amide bonds. The standard InChI is InChI=1S/C16H22N4S2/c21-16-19-10-3-1-2-8-15(19)17-20(16)12-18-9-4-6-13(18)14-7-5-11-22-14/h5,7,11,13H,1-4,6,8-10,12H2/p+1/t13-/m0/s1. The number of rotatable bonds is 3. The maximum absolute atomic E-state index is 5.70. The van der Waals surface area contributed by atoms with Gasteiger partial charge in [0.15, 0.2) is 6.67 Å². The number of likely N-dealkylation sites (tertiary alicyclic amines) is 1. The number of aromatic nitrogens is 3. The van der Waals surface area contributed by atoms with E-state index in [9.17, 15) is 0 Å². The third-order valence-corrected chi connectivity index (χ3v) is 6.42. The molecule has 2 aliphatic heterocycles. The summed E-state index contributed by atoms with van der Waals surface area (Å²) in [5.74, 6) is 1.20. The van der Waals surface area contributed by atoms with Crippen LogP contribution >= 0.6 is 23.6 Å². The first-order valence-corrected chi connectivity index (χ1v) is 9.66. The highest BCUT2D eigenvalue weighted by Crippen LogP contribution is 2.23. The molecule has 2 aliphatic rings. The lowest BCUT2D eigenvalue weighted by molar-refractivity contribution is -0.941. The summed E-state index contributed by atoms with van der Waals surface area (Å²) in [4.78, 5) is 3.13. The molecule has 0 aliphatic carbocycles. The van der Waals surface area contributed by atoms with Gasteiger partial charge in [-0.2, -0.15) is 9.78 Å². The molecule has 0 bridgehead atoms. The SMILES string of the molecule is S=c1n(C[NH+]2CCC[C@H]2c2cccs2)nc2n1CCCCC2. The maximum Gasteiger partial charge on any atom is 0.202 e. The Morgan fingerprint density at radius 3 is 3.14 bits per heavy atom. The predicted molar refractivity (Wildman–Crippen MR) is 90.7 cm³/mol. The van der Waals surface area contributed by atoms with Crippen LogP contribution in [0.2, 0.25) is 0 Å². The molecule has 2 aromatic heterocycles. The highest BCUT2D eigenvalue weighted by molar-refractivity contribution is 7.71. The molecular weight excluding hydrogens is 312 g/mol. The largest absolute Gasteiger partial charge is 0.309 e. The minimum absolute atomic E-state index is 0.628. The molecule has 2 aromatic rings. The Morgan fingerprint density at radius 2 is 2.27 bits per heavy atom. The van der Waals surface area contributed by atoms with E-state index in [4.69, 9.17) is 17.3 Å². The quantitative estimate of drug-likeness (QED) is 0.873. The van der Waals surface area contributed by atoms with Crippen LogP contribution in [0.15, 0.2) is 17.5 Å². The van der Waals surface area contributed by atoms with Crippen molar-refractivity contribution in [2.45, 2.75) is 57.8 Å². The van der Waals surface area contributed by atoms with Gasteiger partial charge in [0.2, 0.25) is 4.77 Å².